The molecule has 1 aliphatic rings. The van der Waals surface area contributed by atoms with Crippen molar-refractivity contribution in [2.24, 2.45) is 5.92 Å². The van der Waals surface area contributed by atoms with E-state index in [4.69, 9.17) is 0 Å². The first-order valence-corrected chi connectivity index (χ1v) is 8.94. The van der Waals surface area contributed by atoms with Crippen LogP contribution in [0, 0.1) is 5.92 Å². The zero-order chi connectivity index (χ0) is 18.7. The van der Waals surface area contributed by atoms with Gasteiger partial charge in [-0.25, -0.2) is 9.78 Å². The fraction of sp³-hybridized carbons (Fsp3) is 0.474. The molecule has 0 atom stereocenters. The van der Waals surface area contributed by atoms with Crippen molar-refractivity contribution in [2.45, 2.75) is 51.1 Å². The quantitative estimate of drug-likeness (QED) is 0.851. The minimum absolute atomic E-state index is 0.247. The second kappa shape index (κ2) is 7.27. The van der Waals surface area contributed by atoms with Gasteiger partial charge in [-0.2, -0.15) is 0 Å². The van der Waals surface area contributed by atoms with Crippen molar-refractivity contribution >= 4 is 22.8 Å². The Morgan fingerprint density at radius 2 is 2.00 bits per heavy atom. The lowest BCUT2D eigenvalue weighted by Crippen LogP contribution is -2.57. The summed E-state index contributed by atoms with van der Waals surface area (Å²) in [6.45, 7) is 1.85. The lowest BCUT2D eigenvalue weighted by Gasteiger charge is -2.37. The van der Waals surface area contributed by atoms with Crippen LogP contribution in [0.25, 0.3) is 10.9 Å². The van der Waals surface area contributed by atoms with Crippen LogP contribution in [-0.2, 0) is 16.1 Å². The molecule has 1 aromatic carbocycles. The lowest BCUT2D eigenvalue weighted by atomic mass is 9.75. The molecule has 1 aliphatic carbocycles. The van der Waals surface area contributed by atoms with Gasteiger partial charge in [-0.15, -0.1) is 0 Å². The highest BCUT2D eigenvalue weighted by atomic mass is 16.4. The number of carbonyl (C=O) groups excluding carboxylic acids is 1. The van der Waals surface area contributed by atoms with Gasteiger partial charge in [0.1, 0.15) is 12.1 Å². The van der Waals surface area contributed by atoms with Crippen molar-refractivity contribution in [3.05, 3.63) is 40.9 Å². The highest BCUT2D eigenvalue weighted by Crippen LogP contribution is 2.34. The normalized spacial score (nSPS) is 22.9. The SMILES string of the molecule is CCC1CCC(NC(=O)Cn2cnc3ccccc3c2=O)(C(=O)O)CC1. The Kier molecular flexibility index (Phi) is 5.06. The maximum absolute atomic E-state index is 12.5. The molecule has 0 unspecified atom stereocenters. The van der Waals surface area contributed by atoms with Crippen LogP contribution in [-0.4, -0.2) is 32.1 Å². The average Bonchev–Trinajstić information content (AvgIpc) is 2.64. The summed E-state index contributed by atoms with van der Waals surface area (Å²) in [4.78, 5) is 40.9. The molecule has 138 valence electrons. The van der Waals surface area contributed by atoms with Gasteiger partial charge in [0.15, 0.2) is 0 Å². The standard InChI is InChI=1S/C19H23N3O4/c1-2-13-7-9-19(10-8-13,18(25)26)21-16(23)11-22-12-20-15-6-4-3-5-14(15)17(22)24/h3-6,12-13H,2,7-11H2,1H3,(H,21,23)(H,25,26). The van der Waals surface area contributed by atoms with Crippen molar-refractivity contribution in [3.63, 3.8) is 0 Å². The van der Waals surface area contributed by atoms with Crippen LogP contribution in [0.5, 0.6) is 0 Å². The third-order valence-electron chi connectivity index (χ3n) is 5.37. The number of nitrogens with zero attached hydrogens (tertiary/aromatic N) is 2. The molecule has 1 fully saturated rings. The number of benzene rings is 1. The molecule has 7 nitrogen and oxygen atoms in total. The summed E-state index contributed by atoms with van der Waals surface area (Å²) in [6.07, 6.45) is 4.73. The lowest BCUT2D eigenvalue weighted by molar-refractivity contribution is -0.149. The second-order valence-electron chi connectivity index (χ2n) is 6.98. The van der Waals surface area contributed by atoms with Gasteiger partial charge in [0.05, 0.1) is 17.2 Å². The smallest absolute Gasteiger partial charge is 0.329 e. The van der Waals surface area contributed by atoms with Gasteiger partial charge in [0.25, 0.3) is 5.56 Å². The first-order chi connectivity index (χ1) is 12.4. The third kappa shape index (κ3) is 3.47. The maximum atomic E-state index is 12.5. The third-order valence-corrected chi connectivity index (χ3v) is 5.37. The molecule has 7 heteroatoms. The first-order valence-electron chi connectivity index (χ1n) is 8.94. The largest absolute Gasteiger partial charge is 0.480 e. The monoisotopic (exact) mass is 357 g/mol. The van der Waals surface area contributed by atoms with E-state index in [9.17, 15) is 19.5 Å². The van der Waals surface area contributed by atoms with E-state index in [1.165, 1.54) is 10.9 Å². The number of hydrogen-bond acceptors (Lipinski definition) is 4. The Morgan fingerprint density at radius 1 is 1.31 bits per heavy atom. The average molecular weight is 357 g/mol. The highest BCUT2D eigenvalue weighted by Gasteiger charge is 2.42. The molecule has 2 aromatic rings. The molecule has 1 heterocycles. The van der Waals surface area contributed by atoms with Crippen molar-refractivity contribution < 1.29 is 14.7 Å². The number of nitrogens with one attached hydrogen (secondary N) is 1. The fourth-order valence-corrected chi connectivity index (χ4v) is 3.65. The number of aliphatic carboxylic acids is 1. The molecule has 1 aromatic heterocycles. The van der Waals surface area contributed by atoms with Gasteiger partial charge < -0.3 is 10.4 Å². The summed E-state index contributed by atoms with van der Waals surface area (Å²) >= 11 is 0. The van der Waals surface area contributed by atoms with Gasteiger partial charge in [-0.1, -0.05) is 25.5 Å². The van der Waals surface area contributed by atoms with E-state index in [2.05, 4.69) is 17.2 Å². The Balaban J connectivity index is 1.76. The van der Waals surface area contributed by atoms with Crippen molar-refractivity contribution in [1.29, 1.82) is 0 Å². The van der Waals surface area contributed by atoms with Gasteiger partial charge in [-0.3, -0.25) is 14.2 Å². The zero-order valence-corrected chi connectivity index (χ0v) is 14.8. The predicted molar refractivity (Wildman–Crippen MR) is 96.8 cm³/mol. The summed E-state index contributed by atoms with van der Waals surface area (Å²) in [5, 5.41) is 12.8. The topological polar surface area (TPSA) is 101 Å². The van der Waals surface area contributed by atoms with E-state index in [-0.39, 0.29) is 12.1 Å². The summed E-state index contributed by atoms with van der Waals surface area (Å²) in [7, 11) is 0. The Morgan fingerprint density at radius 3 is 2.65 bits per heavy atom. The van der Waals surface area contributed by atoms with Crippen LogP contribution in [0.2, 0.25) is 0 Å². The van der Waals surface area contributed by atoms with E-state index in [1.807, 2.05) is 0 Å². The molecule has 0 radical (unpaired) electrons. The molecule has 1 saturated carbocycles. The Labute approximate surface area is 151 Å². The Bertz CT molecular complexity index is 882. The van der Waals surface area contributed by atoms with Crippen LogP contribution < -0.4 is 10.9 Å². The number of carbonyl (C=O) groups is 2. The van der Waals surface area contributed by atoms with E-state index in [0.717, 1.165) is 19.3 Å². The van der Waals surface area contributed by atoms with Crippen LogP contribution in [0.15, 0.2) is 35.4 Å². The highest BCUT2D eigenvalue weighted by molar-refractivity contribution is 5.87. The first kappa shape index (κ1) is 18.1. The predicted octanol–water partition coefficient (Wildman–Crippen LogP) is 1.94. The number of fused-ring (bicyclic) bond motifs is 1. The molecule has 26 heavy (non-hydrogen) atoms. The van der Waals surface area contributed by atoms with E-state index >= 15 is 0 Å². The van der Waals surface area contributed by atoms with Crippen molar-refractivity contribution in [2.75, 3.05) is 0 Å². The van der Waals surface area contributed by atoms with E-state index in [0.29, 0.717) is 29.7 Å². The van der Waals surface area contributed by atoms with Gasteiger partial charge >= 0.3 is 5.97 Å². The van der Waals surface area contributed by atoms with Crippen LogP contribution in [0.3, 0.4) is 0 Å². The molecule has 2 N–H and O–H groups in total. The minimum atomic E-state index is -1.24. The van der Waals surface area contributed by atoms with Crippen molar-refractivity contribution in [1.82, 2.24) is 14.9 Å². The van der Waals surface area contributed by atoms with Crippen LogP contribution in [0.4, 0.5) is 0 Å². The fourth-order valence-electron chi connectivity index (χ4n) is 3.65. The summed E-state index contributed by atoms with van der Waals surface area (Å²) < 4.78 is 1.21. The van der Waals surface area contributed by atoms with Gasteiger partial charge in [0.2, 0.25) is 5.91 Å². The second-order valence-corrected chi connectivity index (χ2v) is 6.98. The summed E-state index contributed by atoms with van der Waals surface area (Å²) in [6, 6.07) is 6.91. The Hall–Kier alpha value is -2.70. The van der Waals surface area contributed by atoms with Gasteiger partial charge in [-0.05, 0) is 43.7 Å². The minimum Gasteiger partial charge on any atom is -0.480 e. The number of amides is 1. The number of carboxylic acid groups (broad SMARTS) is 1. The van der Waals surface area contributed by atoms with Gasteiger partial charge in [0, 0.05) is 0 Å². The van der Waals surface area contributed by atoms with Crippen LogP contribution in [0.1, 0.15) is 39.0 Å². The number of carboxylic acids is 1. The molecule has 0 saturated heterocycles. The summed E-state index contributed by atoms with van der Waals surface area (Å²) in [5.74, 6) is -0.988. The molecular formula is C19H23N3O4. The molecule has 0 bridgehead atoms. The molecule has 1 amide bonds. The molecular weight excluding hydrogens is 334 g/mol. The summed E-state index contributed by atoms with van der Waals surface area (Å²) in [5.41, 5.74) is -0.990. The molecule has 0 spiro atoms. The van der Waals surface area contributed by atoms with E-state index < -0.39 is 17.4 Å². The molecule has 0 aliphatic heterocycles. The number of para-hydroxylation sites is 1. The van der Waals surface area contributed by atoms with Crippen LogP contribution >= 0.6 is 0 Å². The number of hydrogen-bond donors (Lipinski definition) is 2. The number of aromatic nitrogens is 2. The van der Waals surface area contributed by atoms with E-state index in [1.54, 1.807) is 24.3 Å². The molecule has 3 rings (SSSR count). The maximum Gasteiger partial charge on any atom is 0.329 e. The number of rotatable bonds is 5. The van der Waals surface area contributed by atoms with Crippen molar-refractivity contribution in [3.8, 4) is 0 Å². The zero-order valence-electron chi connectivity index (χ0n) is 14.8.